The minimum atomic E-state index is -3.71. The summed E-state index contributed by atoms with van der Waals surface area (Å²) < 4.78 is 49.7. The minimum absolute atomic E-state index is 0.119. The van der Waals surface area contributed by atoms with Gasteiger partial charge in [-0.1, -0.05) is 25.1 Å². The summed E-state index contributed by atoms with van der Waals surface area (Å²) in [6.07, 6.45) is 1.49. The van der Waals surface area contributed by atoms with Crippen LogP contribution in [0.4, 0.5) is 10.1 Å². The number of ether oxygens (including phenoxy) is 1. The first-order chi connectivity index (χ1) is 15.6. The number of hydrogen-bond donors (Lipinski definition) is 0. The third kappa shape index (κ3) is 4.74. The van der Waals surface area contributed by atoms with Crippen molar-refractivity contribution in [3.63, 3.8) is 0 Å². The molecule has 2 saturated heterocycles. The zero-order chi connectivity index (χ0) is 23.8. The Morgan fingerprint density at radius 2 is 1.94 bits per heavy atom. The summed E-state index contributed by atoms with van der Waals surface area (Å²) in [5.41, 5.74) is 0.999. The van der Waals surface area contributed by atoms with Gasteiger partial charge in [0.15, 0.2) is 0 Å². The van der Waals surface area contributed by atoms with E-state index in [4.69, 9.17) is 4.74 Å². The van der Waals surface area contributed by atoms with Crippen molar-refractivity contribution in [2.45, 2.75) is 64.8 Å². The second-order valence-electron chi connectivity index (χ2n) is 9.49. The van der Waals surface area contributed by atoms with Crippen molar-refractivity contribution >= 4 is 15.9 Å². The molecule has 33 heavy (non-hydrogen) atoms. The Hall–Kier alpha value is -2.16. The van der Waals surface area contributed by atoms with E-state index in [9.17, 15) is 12.8 Å². The molecule has 2 aromatic rings. The van der Waals surface area contributed by atoms with Gasteiger partial charge in [0.25, 0.3) is 0 Å². The lowest BCUT2D eigenvalue weighted by atomic mass is 9.82. The van der Waals surface area contributed by atoms with E-state index >= 15 is 0 Å². The van der Waals surface area contributed by atoms with Crippen LogP contribution in [0.3, 0.4) is 0 Å². The summed E-state index contributed by atoms with van der Waals surface area (Å²) in [5, 5.41) is 0. The molecule has 4 rings (SSSR count). The summed E-state index contributed by atoms with van der Waals surface area (Å²) >= 11 is 0. The molecule has 2 aromatic carbocycles. The van der Waals surface area contributed by atoms with Gasteiger partial charge in [0.2, 0.25) is 0 Å². The molecule has 2 heterocycles. The van der Waals surface area contributed by atoms with Gasteiger partial charge in [-0.15, -0.1) is 0 Å². The maximum Gasteiger partial charge on any atom is 0.304 e. The van der Waals surface area contributed by atoms with E-state index in [2.05, 4.69) is 24.0 Å². The molecule has 0 unspecified atom stereocenters. The SMILES string of the molecule is CCN1C[C@]2(CCN(Cc3cccc(OC(C)C)c3)[C@@H](C)C2)N(c2cccc(F)c2)S1(=O)=O. The zero-order valence-corrected chi connectivity index (χ0v) is 20.7. The summed E-state index contributed by atoms with van der Waals surface area (Å²) in [6, 6.07) is 14.3. The van der Waals surface area contributed by atoms with Crippen molar-refractivity contribution in [3.8, 4) is 5.75 Å². The molecule has 180 valence electrons. The van der Waals surface area contributed by atoms with Crippen LogP contribution in [0, 0.1) is 5.82 Å². The Morgan fingerprint density at radius 1 is 1.18 bits per heavy atom. The quantitative estimate of drug-likeness (QED) is 0.621. The molecule has 0 aromatic heterocycles. The minimum Gasteiger partial charge on any atom is -0.491 e. The number of nitrogens with zero attached hydrogens (tertiary/aromatic N) is 3. The van der Waals surface area contributed by atoms with Crippen LogP contribution in [-0.2, 0) is 16.8 Å². The first-order valence-corrected chi connectivity index (χ1v) is 13.1. The van der Waals surface area contributed by atoms with Gasteiger partial charge in [-0.25, -0.2) is 4.39 Å². The molecule has 2 aliphatic heterocycles. The lowest BCUT2D eigenvalue weighted by Gasteiger charge is -2.47. The number of likely N-dealkylation sites (tertiary alicyclic amines) is 1. The highest BCUT2D eigenvalue weighted by Crippen LogP contribution is 2.44. The predicted molar refractivity (Wildman–Crippen MR) is 129 cm³/mol. The fourth-order valence-corrected chi connectivity index (χ4v) is 7.31. The Balaban J connectivity index is 1.58. The van der Waals surface area contributed by atoms with E-state index in [0.717, 1.165) is 18.8 Å². The third-order valence-electron chi connectivity index (χ3n) is 6.67. The van der Waals surface area contributed by atoms with Gasteiger partial charge in [0.05, 0.1) is 17.3 Å². The molecule has 6 nitrogen and oxygen atoms in total. The lowest BCUT2D eigenvalue weighted by Crippen LogP contribution is -2.57. The van der Waals surface area contributed by atoms with Crippen molar-refractivity contribution < 1.29 is 17.5 Å². The van der Waals surface area contributed by atoms with Crippen molar-refractivity contribution in [3.05, 3.63) is 59.9 Å². The molecule has 0 N–H and O–H groups in total. The van der Waals surface area contributed by atoms with Gasteiger partial charge in [0.1, 0.15) is 11.6 Å². The number of likely N-dealkylation sites (N-methyl/N-ethyl adjacent to an activating group) is 1. The van der Waals surface area contributed by atoms with Crippen LogP contribution in [0.15, 0.2) is 48.5 Å². The number of rotatable bonds is 6. The summed E-state index contributed by atoms with van der Waals surface area (Å²) in [5.74, 6) is 0.433. The second-order valence-corrected chi connectivity index (χ2v) is 11.3. The van der Waals surface area contributed by atoms with E-state index < -0.39 is 21.6 Å². The van der Waals surface area contributed by atoms with E-state index in [1.165, 1.54) is 26.3 Å². The summed E-state index contributed by atoms with van der Waals surface area (Å²) in [4.78, 5) is 2.39. The van der Waals surface area contributed by atoms with Crippen LogP contribution in [0.2, 0.25) is 0 Å². The molecule has 2 fully saturated rings. The second kappa shape index (κ2) is 9.24. The van der Waals surface area contributed by atoms with Gasteiger partial charge in [-0.3, -0.25) is 9.21 Å². The molecule has 1 spiro atoms. The van der Waals surface area contributed by atoms with Crippen LogP contribution < -0.4 is 9.04 Å². The van der Waals surface area contributed by atoms with Crippen LogP contribution in [-0.4, -0.2) is 54.9 Å². The highest BCUT2D eigenvalue weighted by molar-refractivity contribution is 7.90. The largest absolute Gasteiger partial charge is 0.491 e. The maximum absolute atomic E-state index is 14.0. The number of hydrogen-bond acceptors (Lipinski definition) is 4. The summed E-state index contributed by atoms with van der Waals surface area (Å²) in [7, 11) is -3.71. The number of halogens is 1. The van der Waals surface area contributed by atoms with Gasteiger partial charge in [-0.2, -0.15) is 12.7 Å². The fourth-order valence-electron chi connectivity index (χ4n) is 5.26. The van der Waals surface area contributed by atoms with Crippen LogP contribution >= 0.6 is 0 Å². The van der Waals surface area contributed by atoms with E-state index in [0.29, 0.717) is 31.6 Å². The van der Waals surface area contributed by atoms with Crippen LogP contribution in [0.1, 0.15) is 46.1 Å². The van der Waals surface area contributed by atoms with E-state index in [-0.39, 0.29) is 12.1 Å². The van der Waals surface area contributed by atoms with Gasteiger partial charge in [-0.05, 0) is 69.5 Å². The van der Waals surface area contributed by atoms with Crippen LogP contribution in [0.5, 0.6) is 5.75 Å². The first kappa shape index (κ1) is 24.0. The normalized spacial score (nSPS) is 25.8. The third-order valence-corrected chi connectivity index (χ3v) is 8.77. The molecular weight excluding hydrogens is 441 g/mol. The molecule has 2 aliphatic rings. The molecular formula is C25H34FN3O3S. The average Bonchev–Trinajstić information content (AvgIpc) is 2.95. The monoisotopic (exact) mass is 475 g/mol. The number of piperidine rings is 1. The Labute approximate surface area is 197 Å². The molecule has 0 bridgehead atoms. The predicted octanol–water partition coefficient (Wildman–Crippen LogP) is 4.42. The van der Waals surface area contributed by atoms with Gasteiger partial charge >= 0.3 is 10.2 Å². The van der Waals surface area contributed by atoms with Crippen molar-refractivity contribution in [2.75, 3.05) is 23.9 Å². The lowest BCUT2D eigenvalue weighted by molar-refractivity contribution is 0.0991. The average molecular weight is 476 g/mol. The fraction of sp³-hybridized carbons (Fsp3) is 0.520. The molecule has 0 radical (unpaired) electrons. The Kier molecular flexibility index (Phi) is 6.71. The number of anilines is 1. The standard InChI is InChI=1S/C25H34FN3O3S/c1-5-28-18-25(29(33(28,30)31)23-10-7-9-22(26)15-23)12-13-27(20(4)16-25)17-21-8-6-11-24(14-21)32-19(2)3/h6-11,14-15,19-20H,5,12-13,16-18H2,1-4H3/t20-,25+/m0/s1. The topological polar surface area (TPSA) is 53.1 Å². The number of benzene rings is 2. The Morgan fingerprint density at radius 3 is 2.61 bits per heavy atom. The first-order valence-electron chi connectivity index (χ1n) is 11.7. The maximum atomic E-state index is 14.0. The van der Waals surface area contributed by atoms with E-state index in [1.54, 1.807) is 12.1 Å². The molecule has 8 heteroatoms. The Bertz CT molecular complexity index is 1090. The smallest absolute Gasteiger partial charge is 0.304 e. The van der Waals surface area contributed by atoms with Crippen molar-refractivity contribution in [1.29, 1.82) is 0 Å². The molecule has 0 saturated carbocycles. The van der Waals surface area contributed by atoms with Crippen LogP contribution in [0.25, 0.3) is 0 Å². The van der Waals surface area contributed by atoms with E-state index in [1.807, 2.05) is 32.9 Å². The van der Waals surface area contributed by atoms with Gasteiger partial charge in [0, 0.05) is 32.2 Å². The highest BCUT2D eigenvalue weighted by Gasteiger charge is 2.56. The molecule has 0 amide bonds. The summed E-state index contributed by atoms with van der Waals surface area (Å²) in [6.45, 7) is 10.4. The highest BCUT2D eigenvalue weighted by atomic mass is 32.2. The van der Waals surface area contributed by atoms with Crippen molar-refractivity contribution in [1.82, 2.24) is 9.21 Å². The zero-order valence-electron chi connectivity index (χ0n) is 19.9. The van der Waals surface area contributed by atoms with Gasteiger partial charge < -0.3 is 4.74 Å². The molecule has 2 atom stereocenters. The van der Waals surface area contributed by atoms with Crippen molar-refractivity contribution in [2.24, 2.45) is 0 Å². The molecule has 0 aliphatic carbocycles.